The maximum absolute atomic E-state index is 12.0. The predicted octanol–water partition coefficient (Wildman–Crippen LogP) is 4.14. The molecule has 0 aromatic heterocycles. The number of carbonyl (C=O) groups excluding carboxylic acids is 1. The molecule has 2 rings (SSSR count). The van der Waals surface area contributed by atoms with Gasteiger partial charge < -0.3 is 19.5 Å². The number of nitrogens with one attached hydrogen (secondary N) is 1. The minimum absolute atomic E-state index is 0.0591. The standard InChI is InChI=1S/C20H24ClNO4/c1-4-24-18-9-6-15(11-19(18)25-5-2)12-22-20(23)13-26-16-7-8-17(21)14(3)10-16/h6-11H,4-5,12-13H2,1-3H3,(H,22,23). The van der Waals surface area contributed by atoms with E-state index in [0.717, 1.165) is 11.1 Å². The van der Waals surface area contributed by atoms with E-state index < -0.39 is 0 Å². The summed E-state index contributed by atoms with van der Waals surface area (Å²) in [6, 6.07) is 10.9. The Bertz CT molecular complexity index is 749. The first-order valence-corrected chi connectivity index (χ1v) is 8.95. The van der Waals surface area contributed by atoms with E-state index in [1.165, 1.54) is 0 Å². The van der Waals surface area contributed by atoms with E-state index in [9.17, 15) is 4.79 Å². The first-order valence-electron chi connectivity index (χ1n) is 8.57. The normalized spacial score (nSPS) is 10.3. The number of ether oxygens (including phenoxy) is 3. The third-order valence-electron chi connectivity index (χ3n) is 3.60. The molecule has 0 atom stereocenters. The minimum atomic E-state index is -0.204. The third-order valence-corrected chi connectivity index (χ3v) is 4.02. The molecule has 0 aliphatic carbocycles. The van der Waals surface area contributed by atoms with Crippen molar-refractivity contribution in [3.05, 3.63) is 52.5 Å². The summed E-state index contributed by atoms with van der Waals surface area (Å²) in [7, 11) is 0. The molecule has 1 N–H and O–H groups in total. The molecule has 0 radical (unpaired) electrons. The molecule has 0 saturated heterocycles. The van der Waals surface area contributed by atoms with Crippen molar-refractivity contribution < 1.29 is 19.0 Å². The molecule has 0 bridgehead atoms. The fourth-order valence-electron chi connectivity index (χ4n) is 2.31. The summed E-state index contributed by atoms with van der Waals surface area (Å²) in [5.41, 5.74) is 1.83. The van der Waals surface area contributed by atoms with Crippen LogP contribution in [-0.2, 0) is 11.3 Å². The van der Waals surface area contributed by atoms with Gasteiger partial charge in [-0.3, -0.25) is 4.79 Å². The first kappa shape index (κ1) is 19.9. The number of halogens is 1. The van der Waals surface area contributed by atoms with Gasteiger partial charge in [-0.25, -0.2) is 0 Å². The number of rotatable bonds is 9. The Kier molecular flexibility index (Phi) is 7.60. The fraction of sp³-hybridized carbons (Fsp3) is 0.350. The van der Waals surface area contributed by atoms with Gasteiger partial charge in [0.05, 0.1) is 13.2 Å². The highest BCUT2D eigenvalue weighted by molar-refractivity contribution is 6.31. The second kappa shape index (κ2) is 9.92. The van der Waals surface area contributed by atoms with E-state index in [1.807, 2.05) is 39.0 Å². The molecule has 0 fully saturated rings. The number of benzene rings is 2. The van der Waals surface area contributed by atoms with Crippen molar-refractivity contribution in [3.63, 3.8) is 0 Å². The Morgan fingerprint density at radius 3 is 2.42 bits per heavy atom. The van der Waals surface area contributed by atoms with Crippen molar-refractivity contribution in [1.82, 2.24) is 5.32 Å². The van der Waals surface area contributed by atoms with Crippen LogP contribution >= 0.6 is 11.6 Å². The second-order valence-corrected chi connectivity index (χ2v) is 6.03. The number of aryl methyl sites for hydroxylation is 1. The highest BCUT2D eigenvalue weighted by Gasteiger charge is 2.08. The Labute approximate surface area is 159 Å². The van der Waals surface area contributed by atoms with Gasteiger partial charge in [0.15, 0.2) is 18.1 Å². The summed E-state index contributed by atoms with van der Waals surface area (Å²) in [5, 5.41) is 3.50. The van der Waals surface area contributed by atoms with Crippen LogP contribution in [-0.4, -0.2) is 25.7 Å². The average molecular weight is 378 g/mol. The average Bonchev–Trinajstić information content (AvgIpc) is 2.63. The van der Waals surface area contributed by atoms with E-state index in [2.05, 4.69) is 5.32 Å². The molecule has 1 amide bonds. The molecule has 0 heterocycles. The molecule has 0 spiro atoms. The van der Waals surface area contributed by atoms with Crippen LogP contribution in [0.5, 0.6) is 17.2 Å². The lowest BCUT2D eigenvalue weighted by molar-refractivity contribution is -0.123. The smallest absolute Gasteiger partial charge is 0.258 e. The molecule has 6 heteroatoms. The molecular weight excluding hydrogens is 354 g/mol. The largest absolute Gasteiger partial charge is 0.490 e. The molecule has 0 saturated carbocycles. The lowest BCUT2D eigenvalue weighted by Crippen LogP contribution is -2.28. The van der Waals surface area contributed by atoms with Crippen LogP contribution in [0.3, 0.4) is 0 Å². The predicted molar refractivity (Wildman–Crippen MR) is 102 cm³/mol. The van der Waals surface area contributed by atoms with E-state index in [4.69, 9.17) is 25.8 Å². The number of carbonyl (C=O) groups is 1. The molecule has 5 nitrogen and oxygen atoms in total. The van der Waals surface area contributed by atoms with Gasteiger partial charge >= 0.3 is 0 Å². The maximum atomic E-state index is 12.0. The molecule has 140 valence electrons. The monoisotopic (exact) mass is 377 g/mol. The fourth-order valence-corrected chi connectivity index (χ4v) is 2.43. The van der Waals surface area contributed by atoms with E-state index >= 15 is 0 Å². The molecule has 2 aromatic carbocycles. The van der Waals surface area contributed by atoms with Gasteiger partial charge in [-0.05, 0) is 62.2 Å². The summed E-state index contributed by atoms with van der Waals surface area (Å²) in [4.78, 5) is 12.0. The van der Waals surface area contributed by atoms with Crippen LogP contribution in [0, 0.1) is 6.92 Å². The van der Waals surface area contributed by atoms with Gasteiger partial charge in [0.1, 0.15) is 5.75 Å². The van der Waals surface area contributed by atoms with Gasteiger partial charge in [0.2, 0.25) is 0 Å². The van der Waals surface area contributed by atoms with Gasteiger partial charge in [0.25, 0.3) is 5.91 Å². The SMILES string of the molecule is CCOc1ccc(CNC(=O)COc2ccc(Cl)c(C)c2)cc1OCC. The van der Waals surface area contributed by atoms with E-state index in [1.54, 1.807) is 18.2 Å². The van der Waals surface area contributed by atoms with Crippen molar-refractivity contribution in [2.45, 2.75) is 27.3 Å². The van der Waals surface area contributed by atoms with E-state index in [0.29, 0.717) is 42.0 Å². The number of hydrogen-bond donors (Lipinski definition) is 1. The summed E-state index contributed by atoms with van der Waals surface area (Å²) in [6.07, 6.45) is 0. The van der Waals surface area contributed by atoms with Crippen LogP contribution in [0.4, 0.5) is 0 Å². The molecule has 0 unspecified atom stereocenters. The van der Waals surface area contributed by atoms with Crippen LogP contribution in [0.15, 0.2) is 36.4 Å². The van der Waals surface area contributed by atoms with Crippen molar-refractivity contribution in [2.24, 2.45) is 0 Å². The zero-order valence-electron chi connectivity index (χ0n) is 15.3. The molecule has 2 aromatic rings. The van der Waals surface area contributed by atoms with Crippen molar-refractivity contribution in [1.29, 1.82) is 0 Å². The molecular formula is C20H24ClNO4. The van der Waals surface area contributed by atoms with Gasteiger partial charge in [0, 0.05) is 11.6 Å². The second-order valence-electron chi connectivity index (χ2n) is 5.62. The summed E-state index contributed by atoms with van der Waals surface area (Å²) in [6.45, 7) is 7.16. The third kappa shape index (κ3) is 5.85. The van der Waals surface area contributed by atoms with Crippen LogP contribution < -0.4 is 19.5 Å². The Hall–Kier alpha value is -2.40. The Balaban J connectivity index is 1.88. The van der Waals surface area contributed by atoms with E-state index in [-0.39, 0.29) is 12.5 Å². The van der Waals surface area contributed by atoms with Gasteiger partial charge in [-0.1, -0.05) is 17.7 Å². The van der Waals surface area contributed by atoms with Gasteiger partial charge in [-0.15, -0.1) is 0 Å². The quantitative estimate of drug-likeness (QED) is 0.713. The highest BCUT2D eigenvalue weighted by atomic mass is 35.5. The lowest BCUT2D eigenvalue weighted by atomic mass is 10.2. The molecule has 26 heavy (non-hydrogen) atoms. The van der Waals surface area contributed by atoms with Crippen LogP contribution in [0.25, 0.3) is 0 Å². The Morgan fingerprint density at radius 1 is 1.00 bits per heavy atom. The highest BCUT2D eigenvalue weighted by Crippen LogP contribution is 2.28. The Morgan fingerprint density at radius 2 is 1.73 bits per heavy atom. The molecule has 0 aliphatic heterocycles. The first-order chi connectivity index (χ1) is 12.5. The number of amides is 1. The van der Waals surface area contributed by atoms with Crippen LogP contribution in [0.1, 0.15) is 25.0 Å². The topological polar surface area (TPSA) is 56.8 Å². The van der Waals surface area contributed by atoms with Crippen LogP contribution in [0.2, 0.25) is 5.02 Å². The number of hydrogen-bond acceptors (Lipinski definition) is 4. The summed E-state index contributed by atoms with van der Waals surface area (Å²) >= 11 is 5.97. The van der Waals surface area contributed by atoms with Gasteiger partial charge in [-0.2, -0.15) is 0 Å². The maximum Gasteiger partial charge on any atom is 0.258 e. The van der Waals surface area contributed by atoms with Crippen molar-refractivity contribution in [3.8, 4) is 17.2 Å². The van der Waals surface area contributed by atoms with Crippen molar-refractivity contribution in [2.75, 3.05) is 19.8 Å². The molecule has 0 aliphatic rings. The minimum Gasteiger partial charge on any atom is -0.490 e. The van der Waals surface area contributed by atoms with Crippen molar-refractivity contribution >= 4 is 17.5 Å². The lowest BCUT2D eigenvalue weighted by Gasteiger charge is -2.13. The summed E-state index contributed by atoms with van der Waals surface area (Å²) < 4.78 is 16.6. The zero-order valence-corrected chi connectivity index (χ0v) is 16.1. The zero-order chi connectivity index (χ0) is 18.9. The summed E-state index contributed by atoms with van der Waals surface area (Å²) in [5.74, 6) is 1.78.